The van der Waals surface area contributed by atoms with Crippen LogP contribution < -0.4 is 11.4 Å². The van der Waals surface area contributed by atoms with E-state index in [0.29, 0.717) is 5.92 Å². The van der Waals surface area contributed by atoms with Crippen molar-refractivity contribution < 1.29 is 4.74 Å². The van der Waals surface area contributed by atoms with Gasteiger partial charge in [0.1, 0.15) is 0 Å². The molecule has 0 radical (unpaired) electrons. The van der Waals surface area contributed by atoms with Gasteiger partial charge in [-0.15, -0.1) is 0 Å². The monoisotopic (exact) mass is 325 g/mol. The normalized spacial score (nSPS) is 18.8. The zero-order valence-corrected chi connectivity index (χ0v) is 12.0. The van der Waals surface area contributed by atoms with Gasteiger partial charge >= 0.3 is 5.69 Å². The highest BCUT2D eigenvalue weighted by atomic mass is 79.9. The highest BCUT2D eigenvalue weighted by Crippen LogP contribution is 2.33. The van der Waals surface area contributed by atoms with E-state index < -0.39 is 0 Å². The van der Waals surface area contributed by atoms with E-state index in [0.717, 1.165) is 47.1 Å². The number of hydrogen-bond donors (Lipinski definition) is 3. The molecule has 0 bridgehead atoms. The summed E-state index contributed by atoms with van der Waals surface area (Å²) in [7, 11) is 0. The highest BCUT2D eigenvalue weighted by Gasteiger charge is 2.24. The van der Waals surface area contributed by atoms with Crippen LogP contribution in [-0.2, 0) is 4.74 Å². The van der Waals surface area contributed by atoms with Crippen LogP contribution >= 0.6 is 15.9 Å². The Labute approximate surface area is 118 Å². The Hall–Kier alpha value is -1.11. The number of nitrogens with one attached hydrogen (secondary N) is 2. The molecule has 5 nitrogen and oxygen atoms in total. The van der Waals surface area contributed by atoms with Crippen molar-refractivity contribution in [1.29, 1.82) is 0 Å². The van der Waals surface area contributed by atoms with Crippen LogP contribution in [0.25, 0.3) is 11.0 Å². The fourth-order valence-corrected chi connectivity index (χ4v) is 3.26. The summed E-state index contributed by atoms with van der Waals surface area (Å²) in [6.07, 6.45) is 1.96. The summed E-state index contributed by atoms with van der Waals surface area (Å²) in [4.78, 5) is 16.8. The summed E-state index contributed by atoms with van der Waals surface area (Å²) < 4.78 is 6.31. The average molecular weight is 326 g/mol. The van der Waals surface area contributed by atoms with Gasteiger partial charge in [0.2, 0.25) is 0 Å². The molecule has 4 N–H and O–H groups in total. The van der Waals surface area contributed by atoms with E-state index in [1.165, 1.54) is 0 Å². The van der Waals surface area contributed by atoms with Crippen molar-refractivity contribution in [1.82, 2.24) is 9.97 Å². The first-order chi connectivity index (χ1) is 9.15. The van der Waals surface area contributed by atoms with Crippen LogP contribution in [0.15, 0.2) is 21.4 Å². The molecule has 19 heavy (non-hydrogen) atoms. The second kappa shape index (κ2) is 5.11. The van der Waals surface area contributed by atoms with E-state index in [2.05, 4.69) is 25.9 Å². The standard InChI is InChI=1S/C13H16BrN3O2/c14-9-6-11-10(16-13(18)17-11)5-8(9)12(15)7-1-3-19-4-2-7/h5-7,12H,1-4,15H2,(H2,16,17,18). The molecule has 1 aliphatic rings. The molecule has 2 aromatic rings. The third-order valence-corrected chi connectivity index (χ3v) is 4.45. The molecule has 0 spiro atoms. The van der Waals surface area contributed by atoms with Crippen molar-refractivity contribution in [2.45, 2.75) is 18.9 Å². The predicted octanol–water partition coefficient (Wildman–Crippen LogP) is 2.05. The zero-order valence-electron chi connectivity index (χ0n) is 10.4. The lowest BCUT2D eigenvalue weighted by molar-refractivity contribution is 0.0583. The Morgan fingerprint density at radius 1 is 1.26 bits per heavy atom. The van der Waals surface area contributed by atoms with Gasteiger partial charge in [-0.3, -0.25) is 0 Å². The van der Waals surface area contributed by atoms with Crippen LogP contribution in [0.1, 0.15) is 24.4 Å². The summed E-state index contributed by atoms with van der Waals surface area (Å²) in [5.74, 6) is 0.424. The molecule has 1 fully saturated rings. The van der Waals surface area contributed by atoms with E-state index in [1.54, 1.807) is 0 Å². The first-order valence-corrected chi connectivity index (χ1v) is 7.19. The number of H-pyrrole nitrogens is 2. The second-order valence-electron chi connectivity index (χ2n) is 4.97. The minimum Gasteiger partial charge on any atom is -0.381 e. The number of rotatable bonds is 2. The zero-order chi connectivity index (χ0) is 13.4. The van der Waals surface area contributed by atoms with E-state index in [1.807, 2.05) is 12.1 Å². The van der Waals surface area contributed by atoms with Crippen LogP contribution in [0.5, 0.6) is 0 Å². The molecule has 1 atom stereocenters. The Morgan fingerprint density at radius 3 is 2.58 bits per heavy atom. The van der Waals surface area contributed by atoms with Crippen molar-refractivity contribution in [3.63, 3.8) is 0 Å². The van der Waals surface area contributed by atoms with E-state index >= 15 is 0 Å². The first kappa shape index (κ1) is 12.9. The molecule has 6 heteroatoms. The summed E-state index contributed by atoms with van der Waals surface area (Å²) >= 11 is 3.55. The van der Waals surface area contributed by atoms with Gasteiger partial charge in [-0.25, -0.2) is 4.79 Å². The van der Waals surface area contributed by atoms with Crippen LogP contribution in [0.3, 0.4) is 0 Å². The van der Waals surface area contributed by atoms with Crippen molar-refractivity contribution >= 4 is 27.0 Å². The summed E-state index contributed by atoms with van der Waals surface area (Å²) in [6, 6.07) is 3.82. The smallest absolute Gasteiger partial charge is 0.323 e. The van der Waals surface area contributed by atoms with Crippen LogP contribution in [0.2, 0.25) is 0 Å². The van der Waals surface area contributed by atoms with Crippen molar-refractivity contribution in [2.75, 3.05) is 13.2 Å². The summed E-state index contributed by atoms with van der Waals surface area (Å²) in [6.45, 7) is 1.55. The molecule has 102 valence electrons. The van der Waals surface area contributed by atoms with E-state index in [-0.39, 0.29) is 11.7 Å². The number of benzene rings is 1. The van der Waals surface area contributed by atoms with Crippen LogP contribution in [-0.4, -0.2) is 23.2 Å². The number of halogens is 1. The minimum absolute atomic E-state index is 0.0407. The van der Waals surface area contributed by atoms with Gasteiger partial charge in [-0.2, -0.15) is 0 Å². The number of imidazole rings is 1. The van der Waals surface area contributed by atoms with Crippen LogP contribution in [0.4, 0.5) is 0 Å². The predicted molar refractivity (Wildman–Crippen MR) is 77.1 cm³/mol. The Balaban J connectivity index is 1.98. The largest absolute Gasteiger partial charge is 0.381 e. The van der Waals surface area contributed by atoms with Crippen molar-refractivity contribution in [3.8, 4) is 0 Å². The van der Waals surface area contributed by atoms with E-state index in [9.17, 15) is 4.79 Å². The van der Waals surface area contributed by atoms with Gasteiger partial charge in [0.25, 0.3) is 0 Å². The topological polar surface area (TPSA) is 83.9 Å². The summed E-state index contributed by atoms with van der Waals surface area (Å²) in [5, 5.41) is 0. The van der Waals surface area contributed by atoms with E-state index in [4.69, 9.17) is 10.5 Å². The molecular weight excluding hydrogens is 310 g/mol. The Kier molecular flexibility index (Phi) is 3.47. The van der Waals surface area contributed by atoms with Gasteiger partial charge in [-0.1, -0.05) is 15.9 Å². The quantitative estimate of drug-likeness (QED) is 0.790. The van der Waals surface area contributed by atoms with Crippen molar-refractivity contribution in [2.24, 2.45) is 11.7 Å². The highest BCUT2D eigenvalue weighted by molar-refractivity contribution is 9.10. The Morgan fingerprint density at radius 2 is 1.89 bits per heavy atom. The molecule has 2 heterocycles. The minimum atomic E-state index is -0.196. The number of hydrogen-bond acceptors (Lipinski definition) is 3. The first-order valence-electron chi connectivity index (χ1n) is 6.40. The second-order valence-corrected chi connectivity index (χ2v) is 5.83. The summed E-state index contributed by atoms with van der Waals surface area (Å²) in [5.41, 5.74) is 8.81. The Bertz CT molecular complexity index is 643. The van der Waals surface area contributed by atoms with Gasteiger partial charge in [-0.05, 0) is 36.5 Å². The lowest BCUT2D eigenvalue weighted by Gasteiger charge is -2.28. The molecular formula is C13H16BrN3O2. The maximum absolute atomic E-state index is 11.3. The molecule has 1 aliphatic heterocycles. The number of aromatic amines is 2. The number of ether oxygens (including phenoxy) is 1. The van der Waals surface area contributed by atoms with Crippen molar-refractivity contribution in [3.05, 3.63) is 32.7 Å². The molecule has 3 rings (SSSR count). The third-order valence-electron chi connectivity index (χ3n) is 3.77. The molecule has 1 unspecified atom stereocenters. The lowest BCUT2D eigenvalue weighted by Crippen LogP contribution is -2.27. The van der Waals surface area contributed by atoms with Gasteiger partial charge in [0.05, 0.1) is 11.0 Å². The third kappa shape index (κ3) is 2.48. The molecule has 1 saturated heterocycles. The van der Waals surface area contributed by atoms with Crippen LogP contribution in [0, 0.1) is 5.92 Å². The molecule has 1 aromatic heterocycles. The maximum atomic E-state index is 11.3. The molecule has 0 saturated carbocycles. The van der Waals surface area contributed by atoms with Gasteiger partial charge in [0.15, 0.2) is 0 Å². The van der Waals surface area contributed by atoms with Gasteiger partial charge < -0.3 is 20.4 Å². The fraction of sp³-hybridized carbons (Fsp3) is 0.462. The van der Waals surface area contributed by atoms with Gasteiger partial charge in [0, 0.05) is 23.7 Å². The maximum Gasteiger partial charge on any atom is 0.323 e. The number of aromatic nitrogens is 2. The molecule has 1 aromatic carbocycles. The fourth-order valence-electron chi connectivity index (χ4n) is 2.66. The molecule has 0 aliphatic carbocycles. The molecule has 0 amide bonds. The SMILES string of the molecule is NC(c1cc2[nH]c(=O)[nH]c2cc1Br)C1CCOCC1. The average Bonchev–Trinajstić information content (AvgIpc) is 2.77. The number of nitrogens with two attached hydrogens (primary N) is 1. The number of fused-ring (bicyclic) bond motifs is 1. The lowest BCUT2D eigenvalue weighted by atomic mass is 9.87.